The molecule has 0 saturated carbocycles. The van der Waals surface area contributed by atoms with Crippen molar-refractivity contribution in [1.29, 1.82) is 0 Å². The zero-order chi connectivity index (χ0) is 33.2. The first-order chi connectivity index (χ1) is 22.7. The van der Waals surface area contributed by atoms with Crippen molar-refractivity contribution < 1.29 is 0 Å². The minimum absolute atomic E-state index is 1.03. The number of hydrogen-bond acceptors (Lipinski definition) is 0. The number of unbranched alkanes of at least 4 members (excludes halogenated alkanes) is 27. The van der Waals surface area contributed by atoms with E-state index in [0.29, 0.717) is 0 Å². The predicted molar refractivity (Wildman–Crippen MR) is 217 cm³/mol. The predicted octanol–water partition coefficient (Wildman–Crippen LogP) is 16.6. The Morgan fingerprint density at radius 1 is 0.413 bits per heavy atom. The van der Waals surface area contributed by atoms with Gasteiger partial charge in [-0.2, -0.15) is 0 Å². The van der Waals surface area contributed by atoms with E-state index in [2.05, 4.69) is 57.7 Å². The molecule has 0 aliphatic carbocycles. The molecule has 0 unspecified atom stereocenters. The van der Waals surface area contributed by atoms with Crippen molar-refractivity contribution in [2.45, 2.75) is 220 Å². The number of benzene rings is 1. The van der Waals surface area contributed by atoms with Gasteiger partial charge < -0.3 is 0 Å². The largest absolute Gasteiger partial charge is 0.0985 e. The van der Waals surface area contributed by atoms with Crippen LogP contribution in [0.1, 0.15) is 225 Å². The first kappa shape index (κ1) is 43.4. The van der Waals surface area contributed by atoms with E-state index in [4.69, 9.17) is 0 Å². The van der Waals surface area contributed by atoms with Gasteiger partial charge in [-0.25, -0.2) is 0 Å². The van der Waals surface area contributed by atoms with Gasteiger partial charge in [0.2, 0.25) is 0 Å². The zero-order valence-electron chi connectivity index (χ0n) is 32.1. The molecule has 46 heavy (non-hydrogen) atoms. The molecule has 0 aliphatic rings. The fourth-order valence-electron chi connectivity index (χ4n) is 7.62. The third kappa shape index (κ3) is 24.5. The van der Waals surface area contributed by atoms with Gasteiger partial charge in [-0.15, -0.1) is 0 Å². The monoisotopic (exact) mass is 656 g/mol. The summed E-state index contributed by atoms with van der Waals surface area (Å²) < 4.78 is 0. The van der Waals surface area contributed by atoms with Gasteiger partial charge in [0.1, 0.15) is 0 Å². The van der Waals surface area contributed by atoms with E-state index in [-0.39, 0.29) is 0 Å². The van der Waals surface area contributed by atoms with E-state index in [9.17, 15) is 0 Å². The molecule has 0 nitrogen and oxygen atoms in total. The lowest BCUT2D eigenvalue weighted by Crippen LogP contribution is -2.13. The summed E-state index contributed by atoms with van der Waals surface area (Å²) in [5.41, 5.74) is 3.01. The fourth-order valence-corrected chi connectivity index (χ4v) is 12.5. The third-order valence-electron chi connectivity index (χ3n) is 10.7. The molecule has 0 amide bonds. The Kier molecular flexibility index (Phi) is 31.1. The molecule has 0 bridgehead atoms. The van der Waals surface area contributed by atoms with Crippen LogP contribution in [0.3, 0.4) is 0 Å². The Hall–Kier alpha value is -0.610. The Labute approximate surface area is 292 Å². The minimum atomic E-state index is -1.03. The molecule has 0 atom stereocenters. The highest BCUT2D eigenvalue weighted by Gasteiger charge is 2.36. The van der Waals surface area contributed by atoms with Gasteiger partial charge in [0.25, 0.3) is 0 Å². The molecule has 0 aromatic heterocycles. The molecule has 0 fully saturated rings. The van der Waals surface area contributed by atoms with Gasteiger partial charge in [0.15, 0.2) is 0 Å². The standard InChI is InChI=1S/C45H84P/c1-5-9-12-15-18-21-24-27-30-35-40-46(43-45-39-34-33-38-44(45)8-4,41-36-31-28-25-22-19-16-13-10-6-2)42-37-32-29-26-23-20-17-14-11-7-3/h8,33-34,38-39H,4-7,9-32,35-37,40-43H2,1-3H3/q+1. The van der Waals surface area contributed by atoms with Crippen LogP contribution in [0, 0.1) is 0 Å². The van der Waals surface area contributed by atoms with Crippen LogP contribution < -0.4 is 0 Å². The van der Waals surface area contributed by atoms with Crippen LogP contribution in [0.25, 0.3) is 6.08 Å². The van der Waals surface area contributed by atoms with Crippen molar-refractivity contribution in [3.8, 4) is 0 Å². The second-order valence-corrected chi connectivity index (χ2v) is 19.5. The maximum atomic E-state index is 4.22. The van der Waals surface area contributed by atoms with Crippen molar-refractivity contribution in [3.63, 3.8) is 0 Å². The van der Waals surface area contributed by atoms with E-state index in [1.807, 2.05) is 0 Å². The average Bonchev–Trinajstić information content (AvgIpc) is 3.07. The summed E-state index contributed by atoms with van der Waals surface area (Å²) in [6.07, 6.45) is 51.7. The summed E-state index contributed by atoms with van der Waals surface area (Å²) >= 11 is 0. The van der Waals surface area contributed by atoms with Gasteiger partial charge in [0.05, 0.1) is 24.6 Å². The number of hydrogen-bond donors (Lipinski definition) is 0. The molecule has 0 aliphatic heterocycles. The Balaban J connectivity index is 2.71. The van der Waals surface area contributed by atoms with Crippen molar-refractivity contribution in [1.82, 2.24) is 0 Å². The molecule has 1 aromatic carbocycles. The van der Waals surface area contributed by atoms with E-state index < -0.39 is 7.26 Å². The highest BCUT2D eigenvalue weighted by Crippen LogP contribution is 2.63. The van der Waals surface area contributed by atoms with E-state index in [0.717, 1.165) is 0 Å². The average molecular weight is 656 g/mol. The molecular formula is C45H84P+. The molecule has 1 aromatic rings. The lowest BCUT2D eigenvalue weighted by atomic mass is 10.1. The molecule has 0 N–H and O–H groups in total. The van der Waals surface area contributed by atoms with Crippen LogP contribution in [0.5, 0.6) is 0 Å². The molecule has 1 rings (SSSR count). The lowest BCUT2D eigenvalue weighted by molar-refractivity contribution is 0.559. The second kappa shape index (κ2) is 32.9. The van der Waals surface area contributed by atoms with Crippen LogP contribution in [-0.4, -0.2) is 18.5 Å². The van der Waals surface area contributed by atoms with Crippen molar-refractivity contribution >= 4 is 13.3 Å². The molecule has 268 valence electrons. The third-order valence-corrected chi connectivity index (χ3v) is 15.5. The van der Waals surface area contributed by atoms with Gasteiger partial charge in [0, 0.05) is 7.26 Å². The van der Waals surface area contributed by atoms with Crippen LogP contribution in [-0.2, 0) is 6.16 Å². The second-order valence-electron chi connectivity index (χ2n) is 15.1. The molecular weight excluding hydrogens is 571 g/mol. The van der Waals surface area contributed by atoms with Gasteiger partial charge in [-0.1, -0.05) is 212 Å². The molecule has 1 heteroatoms. The Morgan fingerprint density at radius 2 is 0.696 bits per heavy atom. The molecule has 0 heterocycles. The van der Waals surface area contributed by atoms with Gasteiger partial charge in [-0.05, 0) is 49.7 Å². The first-order valence-electron chi connectivity index (χ1n) is 21.3. The van der Waals surface area contributed by atoms with Crippen LogP contribution >= 0.6 is 7.26 Å². The maximum absolute atomic E-state index is 4.22. The van der Waals surface area contributed by atoms with Crippen LogP contribution in [0.4, 0.5) is 0 Å². The normalized spacial score (nSPS) is 11.8. The Morgan fingerprint density at radius 3 is 1.00 bits per heavy atom. The minimum Gasteiger partial charge on any atom is -0.0985 e. The summed E-state index contributed by atoms with van der Waals surface area (Å²) in [6, 6.07) is 9.27. The van der Waals surface area contributed by atoms with Crippen LogP contribution in [0.2, 0.25) is 0 Å². The highest BCUT2D eigenvalue weighted by molar-refractivity contribution is 7.75. The first-order valence-corrected chi connectivity index (χ1v) is 23.8. The summed E-state index contributed by atoms with van der Waals surface area (Å²) in [5, 5.41) is 0. The van der Waals surface area contributed by atoms with Crippen LogP contribution in [0.15, 0.2) is 30.8 Å². The van der Waals surface area contributed by atoms with E-state index in [1.54, 1.807) is 24.0 Å². The molecule has 0 saturated heterocycles. The molecule has 0 spiro atoms. The topological polar surface area (TPSA) is 0 Å². The van der Waals surface area contributed by atoms with Gasteiger partial charge in [-0.3, -0.25) is 0 Å². The SMILES string of the molecule is C=Cc1ccccc1C[P+](CCCCCCCCCCCC)(CCCCCCCCCCCC)CCCCCCCCCCCC. The van der Waals surface area contributed by atoms with E-state index >= 15 is 0 Å². The van der Waals surface area contributed by atoms with Crippen molar-refractivity contribution in [3.05, 3.63) is 42.0 Å². The summed E-state index contributed by atoms with van der Waals surface area (Å²) in [6.45, 7) is 11.2. The number of rotatable bonds is 36. The van der Waals surface area contributed by atoms with Crippen molar-refractivity contribution in [2.75, 3.05) is 18.5 Å². The highest BCUT2D eigenvalue weighted by atomic mass is 31.2. The smallest absolute Gasteiger partial charge is 0.0848 e. The fraction of sp³-hybridized carbons (Fsp3) is 0.822. The zero-order valence-corrected chi connectivity index (χ0v) is 33.0. The quantitative estimate of drug-likeness (QED) is 0.0498. The summed E-state index contributed by atoms with van der Waals surface area (Å²) in [5.74, 6) is 0. The van der Waals surface area contributed by atoms with Crippen molar-refractivity contribution in [2.24, 2.45) is 0 Å². The summed E-state index contributed by atoms with van der Waals surface area (Å²) in [4.78, 5) is 0. The van der Waals surface area contributed by atoms with Gasteiger partial charge >= 0.3 is 0 Å². The Bertz CT molecular complexity index is 706. The maximum Gasteiger partial charge on any atom is 0.0848 e. The van der Waals surface area contributed by atoms with E-state index in [1.165, 1.54) is 204 Å². The summed E-state index contributed by atoms with van der Waals surface area (Å²) in [7, 11) is -1.03. The molecule has 0 radical (unpaired) electrons. The lowest BCUT2D eigenvalue weighted by Gasteiger charge is -2.29.